The second kappa shape index (κ2) is 14.7. The minimum absolute atomic E-state index is 0.0971. The summed E-state index contributed by atoms with van der Waals surface area (Å²) < 4.78 is 24.6. The van der Waals surface area contributed by atoms with Gasteiger partial charge in [-0.2, -0.15) is 0 Å². The summed E-state index contributed by atoms with van der Waals surface area (Å²) in [4.78, 5) is 43.5. The van der Waals surface area contributed by atoms with E-state index in [0.29, 0.717) is 37.7 Å². The number of fused-ring (bicyclic) bond motifs is 1. The first-order valence-corrected chi connectivity index (χ1v) is 16.5. The molecule has 250 valence electrons. The van der Waals surface area contributed by atoms with Crippen LogP contribution in [0.1, 0.15) is 60.8 Å². The highest BCUT2D eigenvalue weighted by Crippen LogP contribution is 2.37. The molecule has 10 nitrogen and oxygen atoms in total. The molecule has 1 aliphatic heterocycles. The maximum Gasteiger partial charge on any atom is 0.338 e. The maximum absolute atomic E-state index is 14.1. The zero-order valence-corrected chi connectivity index (χ0v) is 29.0. The number of allylic oxidation sites excluding steroid dienone is 1. The van der Waals surface area contributed by atoms with E-state index in [4.69, 9.17) is 47.3 Å². The van der Waals surface area contributed by atoms with Gasteiger partial charge in [0.2, 0.25) is 0 Å². The maximum atomic E-state index is 14.1. The van der Waals surface area contributed by atoms with Crippen molar-refractivity contribution < 1.29 is 33.6 Å². The van der Waals surface area contributed by atoms with Gasteiger partial charge < -0.3 is 24.1 Å². The predicted octanol–water partition coefficient (Wildman–Crippen LogP) is 6.18. The smallest absolute Gasteiger partial charge is 0.338 e. The fourth-order valence-corrected chi connectivity index (χ4v) is 6.82. The van der Waals surface area contributed by atoms with E-state index >= 15 is 0 Å². The second-order valence-electron chi connectivity index (χ2n) is 11.0. The van der Waals surface area contributed by atoms with Crippen molar-refractivity contribution in [3.63, 3.8) is 0 Å². The van der Waals surface area contributed by atoms with E-state index < -0.39 is 18.0 Å². The van der Waals surface area contributed by atoms with Crippen LogP contribution in [0.2, 0.25) is 10.0 Å². The Hall–Kier alpha value is -4.58. The molecule has 4 aromatic rings. The van der Waals surface area contributed by atoms with Crippen LogP contribution in [0.4, 0.5) is 0 Å². The van der Waals surface area contributed by atoms with E-state index in [1.54, 1.807) is 62.4 Å². The number of rotatable bonds is 11. The van der Waals surface area contributed by atoms with Crippen molar-refractivity contribution in [1.29, 1.82) is 0 Å². The van der Waals surface area contributed by atoms with Crippen LogP contribution in [-0.2, 0) is 16.1 Å². The van der Waals surface area contributed by atoms with Crippen molar-refractivity contribution in [3.05, 3.63) is 118 Å². The van der Waals surface area contributed by atoms with Gasteiger partial charge >= 0.3 is 11.9 Å². The minimum Gasteiger partial charge on any atom is -0.493 e. The number of hydrogen-bond acceptors (Lipinski definition) is 9. The molecular weight excluding hydrogens is 679 g/mol. The number of ether oxygens (including phenoxy) is 4. The topological polar surface area (TPSA) is 126 Å². The summed E-state index contributed by atoms with van der Waals surface area (Å²) in [5.74, 6) is -0.378. The van der Waals surface area contributed by atoms with Crippen LogP contribution >= 0.6 is 34.5 Å². The number of carboxylic acid groups (broad SMARTS) is 1. The summed E-state index contributed by atoms with van der Waals surface area (Å²) in [6.45, 7) is 7.49. The number of carbonyl (C=O) groups excluding carboxylic acids is 1. The van der Waals surface area contributed by atoms with Gasteiger partial charge in [-0.15, -0.1) is 0 Å². The Bertz CT molecular complexity index is 2080. The first-order valence-electron chi connectivity index (χ1n) is 14.9. The molecule has 0 radical (unpaired) electrons. The lowest BCUT2D eigenvalue weighted by Gasteiger charge is -2.25. The number of aromatic carboxylic acids is 1. The molecule has 1 N–H and O–H groups in total. The van der Waals surface area contributed by atoms with E-state index in [1.807, 2.05) is 13.8 Å². The molecule has 48 heavy (non-hydrogen) atoms. The van der Waals surface area contributed by atoms with Gasteiger partial charge in [0.15, 0.2) is 22.0 Å². The van der Waals surface area contributed by atoms with Crippen molar-refractivity contribution in [2.45, 2.75) is 46.4 Å². The number of benzene rings is 3. The highest BCUT2D eigenvalue weighted by Gasteiger charge is 2.34. The zero-order chi connectivity index (χ0) is 34.7. The van der Waals surface area contributed by atoms with Gasteiger partial charge in [-0.25, -0.2) is 14.6 Å². The van der Waals surface area contributed by atoms with E-state index in [0.717, 1.165) is 16.9 Å². The van der Waals surface area contributed by atoms with Gasteiger partial charge in [0.05, 0.1) is 57.3 Å². The molecule has 0 amide bonds. The van der Waals surface area contributed by atoms with Crippen LogP contribution in [0, 0.1) is 0 Å². The van der Waals surface area contributed by atoms with Crippen LogP contribution in [0.3, 0.4) is 0 Å². The Kier molecular flexibility index (Phi) is 10.6. The minimum atomic E-state index is -1.02. The van der Waals surface area contributed by atoms with Gasteiger partial charge in [-0.3, -0.25) is 9.36 Å². The number of aromatic nitrogens is 1. The number of thiazole rings is 1. The monoisotopic (exact) mass is 710 g/mol. The fourth-order valence-electron chi connectivity index (χ4n) is 5.16. The van der Waals surface area contributed by atoms with Crippen LogP contribution < -0.4 is 29.1 Å². The zero-order valence-electron chi connectivity index (χ0n) is 26.7. The highest BCUT2D eigenvalue weighted by molar-refractivity contribution is 7.07. The molecule has 1 aromatic heterocycles. The van der Waals surface area contributed by atoms with Crippen molar-refractivity contribution in [2.75, 3.05) is 13.7 Å². The average molecular weight is 712 g/mol. The standard InChI is InChI=1S/C35H32Cl2N2O8S/c1-6-45-34(43)29-19(4)38-35-39(30(29)23-11-12-26(47-18(2)3)27(16-23)44-5)32(40)28(48-35)15-21-13-24(36)31(25(37)14-21)46-17-20-7-9-22(10-8-20)33(41)42/h7-16,18,30H,6,17H2,1-5H3,(H,41,42)/b28-15-/t30-/m0/s1. The van der Waals surface area contributed by atoms with Crippen molar-refractivity contribution in [1.82, 2.24) is 4.57 Å². The summed E-state index contributed by atoms with van der Waals surface area (Å²) in [5, 5.41) is 9.55. The molecule has 0 aliphatic carbocycles. The lowest BCUT2D eigenvalue weighted by molar-refractivity contribution is -0.139. The SMILES string of the molecule is CCOC(=O)C1=C(C)N=c2s/c(=C\c3cc(Cl)c(OCc4ccc(C(=O)O)cc4)c(Cl)c3)c(=O)n2[C@H]1c1ccc(OC(C)C)c(OC)c1. The van der Waals surface area contributed by atoms with Gasteiger partial charge in [0, 0.05) is 0 Å². The molecule has 0 saturated heterocycles. The number of nitrogens with zero attached hydrogens (tertiary/aromatic N) is 2. The summed E-state index contributed by atoms with van der Waals surface area (Å²) in [6, 6.07) is 13.9. The average Bonchev–Trinajstić information content (AvgIpc) is 3.33. The Labute approximate surface area is 290 Å². The summed E-state index contributed by atoms with van der Waals surface area (Å²) >= 11 is 14.3. The first-order chi connectivity index (χ1) is 22.9. The number of carbonyl (C=O) groups is 2. The largest absolute Gasteiger partial charge is 0.493 e. The lowest BCUT2D eigenvalue weighted by Crippen LogP contribution is -2.40. The number of carboxylic acids is 1. The third-order valence-electron chi connectivity index (χ3n) is 7.29. The van der Waals surface area contributed by atoms with Crippen LogP contribution in [0.25, 0.3) is 6.08 Å². The van der Waals surface area contributed by atoms with Crippen LogP contribution in [0.15, 0.2) is 75.7 Å². The molecule has 0 saturated carbocycles. The molecule has 0 bridgehead atoms. The van der Waals surface area contributed by atoms with Gasteiger partial charge in [-0.05, 0) is 86.9 Å². The summed E-state index contributed by atoms with van der Waals surface area (Å²) in [5.41, 5.74) is 2.33. The molecule has 2 heterocycles. The third-order valence-corrected chi connectivity index (χ3v) is 8.83. The Morgan fingerprint density at radius 1 is 1.06 bits per heavy atom. The number of esters is 1. The van der Waals surface area contributed by atoms with Crippen molar-refractivity contribution in [3.8, 4) is 17.2 Å². The van der Waals surface area contributed by atoms with Crippen LogP contribution in [0.5, 0.6) is 17.2 Å². The number of methoxy groups -OCH3 is 1. The highest BCUT2D eigenvalue weighted by atomic mass is 35.5. The number of halogens is 2. The molecular formula is C35H32Cl2N2O8S. The second-order valence-corrected chi connectivity index (χ2v) is 12.8. The Morgan fingerprint density at radius 3 is 2.35 bits per heavy atom. The molecule has 0 spiro atoms. The molecule has 1 aliphatic rings. The molecule has 3 aromatic carbocycles. The molecule has 0 unspecified atom stereocenters. The molecule has 5 rings (SSSR count). The molecule has 1 atom stereocenters. The lowest BCUT2D eigenvalue weighted by atomic mass is 9.95. The molecule has 13 heteroatoms. The van der Waals surface area contributed by atoms with E-state index in [1.165, 1.54) is 23.8 Å². The fraction of sp³-hybridized carbons (Fsp3) is 0.257. The Balaban J connectivity index is 1.54. The van der Waals surface area contributed by atoms with E-state index in [9.17, 15) is 14.4 Å². The third kappa shape index (κ3) is 7.28. The number of hydrogen-bond donors (Lipinski definition) is 1. The Morgan fingerprint density at radius 2 is 1.75 bits per heavy atom. The van der Waals surface area contributed by atoms with E-state index in [-0.39, 0.29) is 51.8 Å². The summed E-state index contributed by atoms with van der Waals surface area (Å²) in [7, 11) is 1.52. The predicted molar refractivity (Wildman–Crippen MR) is 183 cm³/mol. The van der Waals surface area contributed by atoms with E-state index in [2.05, 4.69) is 4.99 Å². The quantitative estimate of drug-likeness (QED) is 0.183. The van der Waals surface area contributed by atoms with Gasteiger partial charge in [-0.1, -0.05) is 52.7 Å². The van der Waals surface area contributed by atoms with Crippen molar-refractivity contribution >= 4 is 52.6 Å². The summed E-state index contributed by atoms with van der Waals surface area (Å²) in [6.07, 6.45) is 1.55. The van der Waals surface area contributed by atoms with Crippen molar-refractivity contribution in [2.24, 2.45) is 4.99 Å². The normalized spacial score (nSPS) is 14.4. The first kappa shape index (κ1) is 34.7. The van der Waals surface area contributed by atoms with Gasteiger partial charge in [0.25, 0.3) is 5.56 Å². The van der Waals surface area contributed by atoms with Gasteiger partial charge in [0.1, 0.15) is 6.61 Å². The van der Waals surface area contributed by atoms with Crippen LogP contribution in [-0.4, -0.2) is 41.4 Å². The molecule has 0 fully saturated rings.